The summed E-state index contributed by atoms with van der Waals surface area (Å²) in [6.45, 7) is 1.88. The molecule has 2 aromatic heterocycles. The summed E-state index contributed by atoms with van der Waals surface area (Å²) >= 11 is 0. The summed E-state index contributed by atoms with van der Waals surface area (Å²) in [4.78, 5) is 17.7. The topological polar surface area (TPSA) is 43.1 Å². The molecule has 26 heavy (non-hydrogen) atoms. The molecule has 2 heterocycles. The van der Waals surface area contributed by atoms with Gasteiger partial charge < -0.3 is 4.42 Å². The zero-order valence-corrected chi connectivity index (χ0v) is 14.3. The van der Waals surface area contributed by atoms with Gasteiger partial charge in [0.2, 0.25) is 0 Å². The van der Waals surface area contributed by atoms with Gasteiger partial charge in [0, 0.05) is 16.6 Å². The molecular weight excluding hydrogens is 322 g/mol. The highest BCUT2D eigenvalue weighted by Crippen LogP contribution is 2.33. The average Bonchev–Trinajstić information content (AvgIpc) is 3.19. The Morgan fingerprint density at radius 2 is 1.73 bits per heavy atom. The van der Waals surface area contributed by atoms with Gasteiger partial charge in [-0.2, -0.15) is 0 Å². The number of benzene rings is 2. The first-order valence-corrected chi connectivity index (χ1v) is 8.45. The van der Waals surface area contributed by atoms with Crippen molar-refractivity contribution < 1.29 is 9.21 Å². The average molecular weight is 339 g/mol. The Labute approximate surface area is 151 Å². The molecule has 0 bridgehead atoms. The molecule has 0 aliphatic carbocycles. The van der Waals surface area contributed by atoms with Crippen molar-refractivity contribution in [1.82, 2.24) is 4.98 Å². The Kier molecular flexibility index (Phi) is 4.20. The van der Waals surface area contributed by atoms with Crippen molar-refractivity contribution >= 4 is 22.8 Å². The predicted molar refractivity (Wildman–Crippen MR) is 104 cm³/mol. The molecule has 0 saturated carbocycles. The zero-order chi connectivity index (χ0) is 17.9. The Hall–Kier alpha value is -3.46. The van der Waals surface area contributed by atoms with E-state index in [1.807, 2.05) is 67.6 Å². The van der Waals surface area contributed by atoms with Crippen LogP contribution in [-0.4, -0.2) is 10.8 Å². The molecule has 0 unspecified atom stereocenters. The maximum atomic E-state index is 13.0. The number of rotatable bonds is 4. The summed E-state index contributed by atoms with van der Waals surface area (Å²) in [6.07, 6.45) is 4.82. The van der Waals surface area contributed by atoms with E-state index in [0.29, 0.717) is 11.3 Å². The fraction of sp³-hybridized carbons (Fsp3) is 0.0435. The van der Waals surface area contributed by atoms with Gasteiger partial charge in [-0.05, 0) is 42.8 Å². The van der Waals surface area contributed by atoms with E-state index in [4.69, 9.17) is 4.42 Å². The van der Waals surface area contributed by atoms with Crippen LogP contribution in [0, 0.1) is 6.92 Å². The lowest BCUT2D eigenvalue weighted by Crippen LogP contribution is -2.05. The number of carbonyl (C=O) groups is 1. The van der Waals surface area contributed by atoms with Crippen molar-refractivity contribution in [3.05, 3.63) is 96.1 Å². The number of pyridine rings is 1. The second-order valence-electron chi connectivity index (χ2n) is 6.04. The van der Waals surface area contributed by atoms with E-state index in [0.717, 1.165) is 27.7 Å². The Morgan fingerprint density at radius 3 is 2.50 bits per heavy atom. The van der Waals surface area contributed by atoms with E-state index in [-0.39, 0.29) is 5.78 Å². The van der Waals surface area contributed by atoms with Crippen molar-refractivity contribution in [3.63, 3.8) is 0 Å². The largest absolute Gasteiger partial charge is 0.465 e. The van der Waals surface area contributed by atoms with Crippen LogP contribution >= 0.6 is 0 Å². The molecule has 0 atom stereocenters. The maximum absolute atomic E-state index is 13.0. The normalized spacial score (nSPS) is 11.3. The van der Waals surface area contributed by atoms with Gasteiger partial charge in [0.25, 0.3) is 0 Å². The number of furan rings is 1. The number of hydrogen-bond acceptors (Lipinski definition) is 3. The van der Waals surface area contributed by atoms with Gasteiger partial charge in [-0.3, -0.25) is 9.78 Å². The van der Waals surface area contributed by atoms with Crippen LogP contribution in [0.2, 0.25) is 0 Å². The summed E-state index contributed by atoms with van der Waals surface area (Å²) in [5.74, 6) is 0.557. The third kappa shape index (κ3) is 2.95. The van der Waals surface area contributed by atoms with E-state index in [1.54, 1.807) is 24.5 Å². The van der Waals surface area contributed by atoms with Gasteiger partial charge in [-0.1, -0.05) is 48.5 Å². The number of aryl methyl sites for hydroxylation is 1. The van der Waals surface area contributed by atoms with E-state index >= 15 is 0 Å². The van der Waals surface area contributed by atoms with Crippen LogP contribution in [0.25, 0.3) is 28.1 Å². The summed E-state index contributed by atoms with van der Waals surface area (Å²) in [7, 11) is 0. The SMILES string of the molecule is Cc1nc2ccccc2c(-c2ccccc2)c1C(=O)/C=C/c1ccco1. The molecule has 0 aliphatic heterocycles. The zero-order valence-electron chi connectivity index (χ0n) is 14.3. The van der Waals surface area contributed by atoms with Gasteiger partial charge in [0.05, 0.1) is 17.3 Å². The minimum atomic E-state index is -0.0870. The lowest BCUT2D eigenvalue weighted by Gasteiger charge is -2.14. The Bertz CT molecular complexity index is 1090. The smallest absolute Gasteiger partial charge is 0.188 e. The fourth-order valence-electron chi connectivity index (χ4n) is 3.17. The van der Waals surface area contributed by atoms with Gasteiger partial charge in [0.15, 0.2) is 5.78 Å². The summed E-state index contributed by atoms with van der Waals surface area (Å²) in [5, 5.41) is 0.971. The van der Waals surface area contributed by atoms with Crippen molar-refractivity contribution in [2.24, 2.45) is 0 Å². The number of hydrogen-bond donors (Lipinski definition) is 0. The number of aromatic nitrogens is 1. The number of para-hydroxylation sites is 1. The monoisotopic (exact) mass is 339 g/mol. The summed E-state index contributed by atoms with van der Waals surface area (Å²) in [5.41, 5.74) is 4.15. The van der Waals surface area contributed by atoms with Crippen LogP contribution in [0.1, 0.15) is 21.8 Å². The second-order valence-corrected chi connectivity index (χ2v) is 6.04. The van der Waals surface area contributed by atoms with Crippen LogP contribution < -0.4 is 0 Å². The number of allylic oxidation sites excluding steroid dienone is 1. The molecule has 4 aromatic rings. The maximum Gasteiger partial charge on any atom is 0.188 e. The van der Waals surface area contributed by atoms with E-state index in [9.17, 15) is 4.79 Å². The van der Waals surface area contributed by atoms with Crippen LogP contribution in [0.4, 0.5) is 0 Å². The Balaban J connectivity index is 1.93. The van der Waals surface area contributed by atoms with Crippen LogP contribution in [0.5, 0.6) is 0 Å². The van der Waals surface area contributed by atoms with Crippen LogP contribution in [-0.2, 0) is 0 Å². The fourth-order valence-corrected chi connectivity index (χ4v) is 3.17. The molecule has 0 amide bonds. The molecule has 0 radical (unpaired) electrons. The molecule has 126 valence electrons. The van der Waals surface area contributed by atoms with Crippen molar-refractivity contribution in [2.75, 3.05) is 0 Å². The first-order valence-electron chi connectivity index (χ1n) is 8.45. The van der Waals surface area contributed by atoms with Gasteiger partial charge >= 0.3 is 0 Å². The molecular formula is C23H17NO2. The molecule has 3 nitrogen and oxygen atoms in total. The number of nitrogens with zero attached hydrogens (tertiary/aromatic N) is 1. The van der Waals surface area contributed by atoms with Crippen LogP contribution in [0.3, 0.4) is 0 Å². The molecule has 0 saturated heterocycles. The van der Waals surface area contributed by atoms with Crippen molar-refractivity contribution in [1.29, 1.82) is 0 Å². The highest BCUT2D eigenvalue weighted by atomic mass is 16.3. The standard InChI is InChI=1S/C23H17NO2/c1-16-22(21(25)14-13-18-10-7-15-26-18)23(17-8-3-2-4-9-17)19-11-5-6-12-20(19)24-16/h2-15H,1H3/b14-13+. The molecule has 0 spiro atoms. The van der Waals surface area contributed by atoms with Crippen LogP contribution in [0.15, 0.2) is 83.5 Å². The van der Waals surface area contributed by atoms with E-state index < -0.39 is 0 Å². The lowest BCUT2D eigenvalue weighted by molar-refractivity contribution is 0.104. The molecule has 3 heteroatoms. The second kappa shape index (κ2) is 6.81. The van der Waals surface area contributed by atoms with Gasteiger partial charge in [-0.25, -0.2) is 0 Å². The minimum Gasteiger partial charge on any atom is -0.465 e. The quantitative estimate of drug-likeness (QED) is 0.354. The molecule has 2 aromatic carbocycles. The first-order chi connectivity index (χ1) is 12.7. The highest BCUT2D eigenvalue weighted by molar-refractivity contribution is 6.15. The van der Waals surface area contributed by atoms with Gasteiger partial charge in [0.1, 0.15) is 5.76 Å². The highest BCUT2D eigenvalue weighted by Gasteiger charge is 2.18. The lowest BCUT2D eigenvalue weighted by atomic mass is 9.92. The predicted octanol–water partition coefficient (Wildman–Crippen LogP) is 5.70. The van der Waals surface area contributed by atoms with Crippen molar-refractivity contribution in [3.8, 4) is 11.1 Å². The van der Waals surface area contributed by atoms with E-state index in [2.05, 4.69) is 4.98 Å². The number of fused-ring (bicyclic) bond motifs is 1. The molecule has 4 rings (SSSR count). The van der Waals surface area contributed by atoms with Gasteiger partial charge in [-0.15, -0.1) is 0 Å². The Morgan fingerprint density at radius 1 is 0.962 bits per heavy atom. The third-order valence-electron chi connectivity index (χ3n) is 4.32. The minimum absolute atomic E-state index is 0.0870. The summed E-state index contributed by atoms with van der Waals surface area (Å²) < 4.78 is 5.28. The number of ketones is 1. The van der Waals surface area contributed by atoms with Crippen molar-refractivity contribution in [2.45, 2.75) is 6.92 Å². The first kappa shape index (κ1) is 16.0. The molecule has 0 aliphatic rings. The summed E-state index contributed by atoms with van der Waals surface area (Å²) in [6, 6.07) is 21.5. The molecule has 0 fully saturated rings. The number of carbonyl (C=O) groups excluding carboxylic acids is 1. The third-order valence-corrected chi connectivity index (χ3v) is 4.32. The van der Waals surface area contributed by atoms with E-state index in [1.165, 1.54) is 0 Å². The molecule has 0 N–H and O–H groups in total.